The van der Waals surface area contributed by atoms with Crippen molar-refractivity contribution in [3.63, 3.8) is 0 Å². The van der Waals surface area contributed by atoms with Crippen molar-refractivity contribution in [2.75, 3.05) is 43.1 Å². The van der Waals surface area contributed by atoms with Crippen LogP contribution in [0.15, 0.2) is 58.1 Å². The van der Waals surface area contributed by atoms with Crippen LogP contribution in [0.2, 0.25) is 5.02 Å². The van der Waals surface area contributed by atoms with Gasteiger partial charge in [-0.05, 0) is 35.9 Å². The van der Waals surface area contributed by atoms with Gasteiger partial charge in [-0.2, -0.15) is 4.98 Å². The Morgan fingerprint density at radius 1 is 0.914 bits per heavy atom. The molecule has 35 heavy (non-hydrogen) atoms. The molecule has 0 radical (unpaired) electrons. The number of hydrogen-bond donors (Lipinski definition) is 0. The molecule has 1 saturated heterocycles. The molecule has 2 aromatic heterocycles. The van der Waals surface area contributed by atoms with Crippen LogP contribution in [0.1, 0.15) is 5.56 Å². The SMILES string of the molecule is COc1ccc(N2CCN(c3nc4c(c(=O)n(C)c(=O)n4C)n3Cc3ccccc3Cl)CC2)cc1. The third-order valence-corrected chi connectivity index (χ3v) is 6.98. The number of fused-ring (bicyclic) bond motifs is 1. The van der Waals surface area contributed by atoms with Crippen LogP contribution in [-0.4, -0.2) is 52.0 Å². The molecule has 3 heterocycles. The van der Waals surface area contributed by atoms with Gasteiger partial charge in [0.1, 0.15) is 5.75 Å². The van der Waals surface area contributed by atoms with Gasteiger partial charge in [0, 0.05) is 51.0 Å². The molecule has 182 valence electrons. The highest BCUT2D eigenvalue weighted by atomic mass is 35.5. The fraction of sp³-hybridized carbons (Fsp3) is 0.320. The highest BCUT2D eigenvalue weighted by molar-refractivity contribution is 6.31. The molecule has 0 atom stereocenters. The van der Waals surface area contributed by atoms with Crippen LogP contribution in [-0.2, 0) is 20.6 Å². The van der Waals surface area contributed by atoms with Crippen LogP contribution in [0.3, 0.4) is 0 Å². The van der Waals surface area contributed by atoms with E-state index in [2.05, 4.69) is 21.9 Å². The van der Waals surface area contributed by atoms with Gasteiger partial charge in [-0.1, -0.05) is 29.8 Å². The number of hydrogen-bond acceptors (Lipinski definition) is 6. The third-order valence-electron chi connectivity index (χ3n) is 6.61. The second-order valence-corrected chi connectivity index (χ2v) is 9.05. The molecule has 0 aliphatic carbocycles. The van der Waals surface area contributed by atoms with E-state index in [1.165, 1.54) is 11.6 Å². The molecule has 0 spiro atoms. The first-order chi connectivity index (χ1) is 16.9. The number of aryl methyl sites for hydroxylation is 1. The van der Waals surface area contributed by atoms with Gasteiger partial charge in [-0.15, -0.1) is 0 Å². The zero-order valence-corrected chi connectivity index (χ0v) is 20.7. The number of aromatic nitrogens is 4. The molecule has 4 aromatic rings. The Morgan fingerprint density at radius 3 is 2.23 bits per heavy atom. The van der Waals surface area contributed by atoms with E-state index in [1.807, 2.05) is 41.0 Å². The number of nitrogens with zero attached hydrogens (tertiary/aromatic N) is 6. The standard InChI is InChI=1S/C25H27ClN6O3/c1-28-22-21(23(33)29(2)25(28)34)32(16-17-6-4-5-7-20(17)26)24(27-22)31-14-12-30(13-15-31)18-8-10-19(35-3)11-9-18/h4-11H,12-16H2,1-3H3. The number of imidazole rings is 1. The summed E-state index contributed by atoms with van der Waals surface area (Å²) < 4.78 is 9.71. The molecule has 2 aromatic carbocycles. The van der Waals surface area contributed by atoms with Crippen LogP contribution in [0.25, 0.3) is 11.2 Å². The topological polar surface area (TPSA) is 77.5 Å². The Morgan fingerprint density at radius 2 is 1.57 bits per heavy atom. The molecule has 10 heteroatoms. The number of anilines is 2. The molecular formula is C25H27ClN6O3. The van der Waals surface area contributed by atoms with E-state index in [0.29, 0.717) is 41.8 Å². The average Bonchev–Trinajstić information content (AvgIpc) is 3.27. The maximum absolute atomic E-state index is 13.2. The largest absolute Gasteiger partial charge is 0.497 e. The number of ether oxygens (including phenoxy) is 1. The summed E-state index contributed by atoms with van der Waals surface area (Å²) in [6.07, 6.45) is 0. The number of methoxy groups -OCH3 is 1. The van der Waals surface area contributed by atoms with Crippen molar-refractivity contribution >= 4 is 34.4 Å². The molecule has 0 amide bonds. The Kier molecular flexibility index (Phi) is 6.02. The first-order valence-corrected chi connectivity index (χ1v) is 11.8. The van der Waals surface area contributed by atoms with Gasteiger partial charge in [-0.3, -0.25) is 18.5 Å². The van der Waals surface area contributed by atoms with Crippen molar-refractivity contribution in [2.24, 2.45) is 14.1 Å². The summed E-state index contributed by atoms with van der Waals surface area (Å²) >= 11 is 6.47. The molecular weight excluding hydrogens is 468 g/mol. The smallest absolute Gasteiger partial charge is 0.332 e. The minimum Gasteiger partial charge on any atom is -0.497 e. The summed E-state index contributed by atoms with van der Waals surface area (Å²) in [5, 5.41) is 0.617. The van der Waals surface area contributed by atoms with Crippen molar-refractivity contribution < 1.29 is 4.74 Å². The first-order valence-electron chi connectivity index (χ1n) is 11.4. The molecule has 0 unspecified atom stereocenters. The highest BCUT2D eigenvalue weighted by Crippen LogP contribution is 2.26. The first kappa shape index (κ1) is 23.0. The monoisotopic (exact) mass is 494 g/mol. The van der Waals surface area contributed by atoms with Crippen LogP contribution in [0, 0.1) is 0 Å². The summed E-state index contributed by atoms with van der Waals surface area (Å²) in [5.74, 6) is 1.49. The zero-order valence-electron chi connectivity index (χ0n) is 19.9. The van der Waals surface area contributed by atoms with Gasteiger partial charge < -0.3 is 14.5 Å². The summed E-state index contributed by atoms with van der Waals surface area (Å²) in [6.45, 7) is 3.38. The Balaban J connectivity index is 1.54. The molecule has 1 aliphatic rings. The zero-order chi connectivity index (χ0) is 24.7. The quantitative estimate of drug-likeness (QED) is 0.424. The van der Waals surface area contributed by atoms with Crippen LogP contribution < -0.4 is 25.8 Å². The lowest BCUT2D eigenvalue weighted by molar-refractivity contribution is 0.415. The fourth-order valence-electron chi connectivity index (χ4n) is 4.58. The minimum absolute atomic E-state index is 0.370. The summed E-state index contributed by atoms with van der Waals surface area (Å²) in [6, 6.07) is 15.6. The van der Waals surface area contributed by atoms with E-state index >= 15 is 0 Å². The lowest BCUT2D eigenvalue weighted by atomic mass is 10.2. The van der Waals surface area contributed by atoms with Gasteiger partial charge in [0.2, 0.25) is 5.95 Å². The van der Waals surface area contributed by atoms with Crippen molar-refractivity contribution in [2.45, 2.75) is 6.54 Å². The van der Waals surface area contributed by atoms with Crippen molar-refractivity contribution in [1.29, 1.82) is 0 Å². The molecule has 1 fully saturated rings. The van der Waals surface area contributed by atoms with E-state index < -0.39 is 5.69 Å². The van der Waals surface area contributed by atoms with Crippen LogP contribution in [0.4, 0.5) is 11.6 Å². The number of piperazine rings is 1. The number of benzene rings is 2. The van der Waals surface area contributed by atoms with E-state index in [9.17, 15) is 9.59 Å². The summed E-state index contributed by atoms with van der Waals surface area (Å²) in [4.78, 5) is 35.1. The Hall–Kier alpha value is -3.72. The molecule has 1 aliphatic heterocycles. The lowest BCUT2D eigenvalue weighted by Gasteiger charge is -2.36. The predicted molar refractivity (Wildman–Crippen MR) is 138 cm³/mol. The Labute approximate surface area is 207 Å². The second kappa shape index (κ2) is 9.14. The van der Waals surface area contributed by atoms with E-state index in [0.717, 1.165) is 34.7 Å². The minimum atomic E-state index is -0.402. The van der Waals surface area contributed by atoms with Crippen molar-refractivity contribution in [1.82, 2.24) is 18.7 Å². The predicted octanol–water partition coefficient (Wildman–Crippen LogP) is 2.47. The molecule has 0 bridgehead atoms. The summed E-state index contributed by atoms with van der Waals surface area (Å²) in [5.41, 5.74) is 2.00. The summed E-state index contributed by atoms with van der Waals surface area (Å²) in [7, 11) is 4.79. The molecule has 5 rings (SSSR count). The van der Waals surface area contributed by atoms with E-state index in [1.54, 1.807) is 14.2 Å². The molecule has 0 N–H and O–H groups in total. The third kappa shape index (κ3) is 4.05. The van der Waals surface area contributed by atoms with Gasteiger partial charge in [0.05, 0.1) is 13.7 Å². The highest BCUT2D eigenvalue weighted by Gasteiger charge is 2.26. The second-order valence-electron chi connectivity index (χ2n) is 8.64. The lowest BCUT2D eigenvalue weighted by Crippen LogP contribution is -2.47. The maximum atomic E-state index is 13.2. The Bertz CT molecular complexity index is 1500. The van der Waals surface area contributed by atoms with Crippen molar-refractivity contribution in [3.05, 3.63) is 80.0 Å². The van der Waals surface area contributed by atoms with E-state index in [4.69, 9.17) is 21.3 Å². The van der Waals surface area contributed by atoms with E-state index in [-0.39, 0.29) is 5.56 Å². The van der Waals surface area contributed by atoms with Crippen LogP contribution >= 0.6 is 11.6 Å². The maximum Gasteiger partial charge on any atom is 0.332 e. The number of halogens is 1. The van der Waals surface area contributed by atoms with Gasteiger partial charge in [0.15, 0.2) is 11.2 Å². The van der Waals surface area contributed by atoms with Crippen LogP contribution in [0.5, 0.6) is 5.75 Å². The fourth-order valence-corrected chi connectivity index (χ4v) is 4.78. The average molecular weight is 495 g/mol. The normalized spacial score (nSPS) is 14.1. The van der Waals surface area contributed by atoms with Gasteiger partial charge >= 0.3 is 5.69 Å². The number of rotatable bonds is 5. The van der Waals surface area contributed by atoms with Gasteiger partial charge in [0.25, 0.3) is 5.56 Å². The van der Waals surface area contributed by atoms with Gasteiger partial charge in [-0.25, -0.2) is 4.79 Å². The molecule has 9 nitrogen and oxygen atoms in total. The van der Waals surface area contributed by atoms with Crippen molar-refractivity contribution in [3.8, 4) is 5.75 Å². The molecule has 0 saturated carbocycles.